The third-order valence-electron chi connectivity index (χ3n) is 3.47. The lowest BCUT2D eigenvalue weighted by Crippen LogP contribution is -2.17. The second-order valence-corrected chi connectivity index (χ2v) is 7.60. The number of rotatable bonds is 3. The van der Waals surface area contributed by atoms with E-state index in [-0.39, 0.29) is 11.4 Å². The predicted octanol–water partition coefficient (Wildman–Crippen LogP) is 5.31. The number of hydrogen-bond acceptors (Lipinski definition) is 4. The molecule has 0 saturated carbocycles. The number of thioether (sulfide) groups is 1. The van der Waals surface area contributed by atoms with Crippen LogP contribution in [0.4, 0.5) is 0 Å². The molecule has 3 rings (SSSR count). The van der Waals surface area contributed by atoms with Gasteiger partial charge >= 0.3 is 0 Å². The molecule has 1 amide bonds. The van der Waals surface area contributed by atoms with E-state index in [4.69, 9.17) is 39.5 Å². The molecule has 6 nitrogen and oxygen atoms in total. The van der Waals surface area contributed by atoms with Crippen LogP contribution in [-0.4, -0.2) is 46.6 Å². The van der Waals surface area contributed by atoms with Crippen LogP contribution in [-0.2, 0) is 4.79 Å². The molecule has 0 aliphatic carbocycles. The Morgan fingerprint density at radius 2 is 1.79 bits per heavy atom. The molecule has 10 heteroatoms. The smallest absolute Gasteiger partial charge is 0.218 e. The predicted molar refractivity (Wildman–Crippen MR) is 117 cm³/mol. The summed E-state index contributed by atoms with van der Waals surface area (Å²) in [6.07, 6.45) is 1.95. The second kappa shape index (κ2) is 10.8. The molecule has 1 aromatic heterocycles. The summed E-state index contributed by atoms with van der Waals surface area (Å²) in [6, 6.07) is 8.73. The van der Waals surface area contributed by atoms with Crippen LogP contribution in [0, 0.1) is 0 Å². The maximum Gasteiger partial charge on any atom is 0.218 e. The van der Waals surface area contributed by atoms with Crippen molar-refractivity contribution < 1.29 is 15.0 Å². The average Bonchev–Trinajstić information content (AvgIpc) is 3.01. The SMILES string of the molecule is CC(=O)N(C)C.CSc1nc2cc(Oc3cccc(Cl)c3Cl)c(Cl)cc2[nH]1.O. The lowest BCUT2D eigenvalue weighted by atomic mass is 10.3. The van der Waals surface area contributed by atoms with Crippen molar-refractivity contribution in [2.75, 3.05) is 20.4 Å². The molecule has 0 unspecified atom stereocenters. The number of nitrogens with one attached hydrogen (secondary N) is 1. The Morgan fingerprint density at radius 3 is 2.36 bits per heavy atom. The highest BCUT2D eigenvalue weighted by atomic mass is 35.5. The molecule has 0 saturated heterocycles. The van der Waals surface area contributed by atoms with E-state index in [0.29, 0.717) is 26.6 Å². The zero-order chi connectivity index (χ0) is 20.1. The molecule has 3 N–H and O–H groups in total. The minimum Gasteiger partial charge on any atom is -0.454 e. The van der Waals surface area contributed by atoms with Gasteiger partial charge in [0.25, 0.3) is 0 Å². The van der Waals surface area contributed by atoms with Gasteiger partial charge in [0.05, 0.1) is 21.1 Å². The minimum atomic E-state index is 0. The molecular weight excluding hydrogens is 445 g/mol. The van der Waals surface area contributed by atoms with E-state index in [2.05, 4.69) is 9.97 Å². The number of fused-ring (bicyclic) bond motifs is 1. The van der Waals surface area contributed by atoms with Gasteiger partial charge in [-0.25, -0.2) is 4.98 Å². The monoisotopic (exact) mass is 463 g/mol. The van der Waals surface area contributed by atoms with E-state index >= 15 is 0 Å². The normalized spacial score (nSPS) is 9.96. The highest BCUT2D eigenvalue weighted by Gasteiger charge is 2.12. The quantitative estimate of drug-likeness (QED) is 0.532. The van der Waals surface area contributed by atoms with Crippen LogP contribution in [0.5, 0.6) is 11.5 Å². The minimum absolute atomic E-state index is 0. The van der Waals surface area contributed by atoms with Crippen molar-refractivity contribution in [2.45, 2.75) is 12.1 Å². The number of imidazole rings is 1. The van der Waals surface area contributed by atoms with Crippen LogP contribution in [0.15, 0.2) is 35.5 Å². The standard InChI is InChI=1S/C14H9Cl3N2OS.C4H9NO.H2O/c1-21-14-18-9-5-8(16)12(6-10(9)19-14)20-11-4-2-3-7(15)13(11)17;1-4(6)5(2)3;/h2-6H,1H3,(H,18,19);1-3H3;1H2. The summed E-state index contributed by atoms with van der Waals surface area (Å²) in [5, 5.41) is 2.06. The lowest BCUT2D eigenvalue weighted by Gasteiger charge is -2.09. The van der Waals surface area contributed by atoms with Crippen LogP contribution < -0.4 is 4.74 Å². The van der Waals surface area contributed by atoms with Gasteiger partial charge in [-0.3, -0.25) is 4.79 Å². The largest absolute Gasteiger partial charge is 0.454 e. The van der Waals surface area contributed by atoms with Crippen molar-refractivity contribution in [3.8, 4) is 11.5 Å². The van der Waals surface area contributed by atoms with Gasteiger partial charge in [0, 0.05) is 27.1 Å². The number of aromatic amines is 1. The van der Waals surface area contributed by atoms with Gasteiger partial charge < -0.3 is 20.1 Å². The fraction of sp³-hybridized carbons (Fsp3) is 0.222. The van der Waals surface area contributed by atoms with E-state index in [1.54, 1.807) is 44.4 Å². The Kier molecular flexibility index (Phi) is 9.39. The molecule has 0 radical (unpaired) electrons. The number of aromatic nitrogens is 2. The number of halogens is 3. The molecule has 0 spiro atoms. The molecule has 0 bridgehead atoms. The van der Waals surface area contributed by atoms with Crippen molar-refractivity contribution in [1.82, 2.24) is 14.9 Å². The van der Waals surface area contributed by atoms with Gasteiger partial charge in [0.1, 0.15) is 16.5 Å². The molecular formula is C18H20Cl3N3O3S. The molecule has 1 heterocycles. The van der Waals surface area contributed by atoms with Crippen LogP contribution >= 0.6 is 46.6 Å². The van der Waals surface area contributed by atoms with E-state index in [9.17, 15) is 4.79 Å². The molecule has 0 aliphatic heterocycles. The van der Waals surface area contributed by atoms with Crippen molar-refractivity contribution in [1.29, 1.82) is 0 Å². The summed E-state index contributed by atoms with van der Waals surface area (Å²) in [5.74, 6) is 1.02. The first-order chi connectivity index (χ1) is 12.7. The topological polar surface area (TPSA) is 89.7 Å². The van der Waals surface area contributed by atoms with Gasteiger partial charge in [-0.05, 0) is 24.5 Å². The van der Waals surface area contributed by atoms with E-state index in [1.807, 2.05) is 6.26 Å². The van der Waals surface area contributed by atoms with Crippen LogP contribution in [0.3, 0.4) is 0 Å². The number of nitrogens with zero attached hydrogens (tertiary/aromatic N) is 2. The van der Waals surface area contributed by atoms with Gasteiger partial charge in [0.15, 0.2) is 5.16 Å². The maximum atomic E-state index is 10.1. The van der Waals surface area contributed by atoms with Crippen LogP contribution in [0.2, 0.25) is 15.1 Å². The molecule has 2 aromatic carbocycles. The number of H-pyrrole nitrogens is 1. The Balaban J connectivity index is 0.000000492. The van der Waals surface area contributed by atoms with Crippen molar-refractivity contribution in [3.63, 3.8) is 0 Å². The zero-order valence-corrected chi connectivity index (χ0v) is 18.7. The van der Waals surface area contributed by atoms with Gasteiger partial charge in [-0.1, -0.05) is 52.6 Å². The molecule has 3 aromatic rings. The summed E-state index contributed by atoms with van der Waals surface area (Å²) in [7, 11) is 3.45. The summed E-state index contributed by atoms with van der Waals surface area (Å²) in [4.78, 5) is 19.2. The Hall–Kier alpha value is -1.64. The highest BCUT2D eigenvalue weighted by Crippen LogP contribution is 2.38. The maximum absolute atomic E-state index is 10.1. The summed E-state index contributed by atoms with van der Waals surface area (Å²) >= 11 is 19.9. The van der Waals surface area contributed by atoms with Gasteiger partial charge in [-0.2, -0.15) is 0 Å². The van der Waals surface area contributed by atoms with Crippen LogP contribution in [0.25, 0.3) is 11.0 Å². The van der Waals surface area contributed by atoms with Gasteiger partial charge in [0.2, 0.25) is 5.91 Å². The lowest BCUT2D eigenvalue weighted by molar-refractivity contribution is -0.126. The van der Waals surface area contributed by atoms with E-state index < -0.39 is 0 Å². The Labute approximate surface area is 182 Å². The number of benzene rings is 2. The first-order valence-corrected chi connectivity index (χ1v) is 10.1. The first kappa shape index (κ1) is 24.4. The van der Waals surface area contributed by atoms with Crippen molar-refractivity contribution in [3.05, 3.63) is 45.4 Å². The van der Waals surface area contributed by atoms with E-state index in [1.165, 1.54) is 23.6 Å². The first-order valence-electron chi connectivity index (χ1n) is 7.76. The summed E-state index contributed by atoms with van der Waals surface area (Å²) in [5.41, 5.74) is 1.63. The average molecular weight is 465 g/mol. The molecule has 0 aliphatic rings. The second-order valence-electron chi connectivity index (χ2n) is 5.61. The van der Waals surface area contributed by atoms with Gasteiger partial charge in [-0.15, -0.1) is 0 Å². The summed E-state index contributed by atoms with van der Waals surface area (Å²) in [6.45, 7) is 1.53. The van der Waals surface area contributed by atoms with Crippen LogP contribution in [0.1, 0.15) is 6.92 Å². The Bertz CT molecular complexity index is 964. The molecule has 28 heavy (non-hydrogen) atoms. The van der Waals surface area contributed by atoms with E-state index in [0.717, 1.165) is 16.2 Å². The van der Waals surface area contributed by atoms with Crippen molar-refractivity contribution >= 4 is 63.5 Å². The fourth-order valence-electron chi connectivity index (χ4n) is 1.84. The number of carbonyl (C=O) groups excluding carboxylic acids is 1. The summed E-state index contributed by atoms with van der Waals surface area (Å²) < 4.78 is 5.76. The Morgan fingerprint density at radius 1 is 1.14 bits per heavy atom. The third-order valence-corrected chi connectivity index (χ3v) is 5.15. The van der Waals surface area contributed by atoms with Crippen molar-refractivity contribution in [2.24, 2.45) is 0 Å². The number of ether oxygens (including phenoxy) is 1. The third kappa shape index (κ3) is 6.18. The molecule has 152 valence electrons. The molecule has 0 fully saturated rings. The zero-order valence-electron chi connectivity index (χ0n) is 15.6. The molecule has 0 atom stereocenters. The fourth-order valence-corrected chi connectivity index (χ4v) is 2.78. The highest BCUT2D eigenvalue weighted by molar-refractivity contribution is 7.98. The number of hydrogen-bond donors (Lipinski definition) is 1. The number of carbonyl (C=O) groups is 1. The number of amides is 1.